The van der Waals surface area contributed by atoms with Gasteiger partial charge in [0.15, 0.2) is 0 Å². The largest absolute Gasteiger partial charge is 0.335 e. The summed E-state index contributed by atoms with van der Waals surface area (Å²) in [5.74, 6) is 0.497. The second-order valence-electron chi connectivity index (χ2n) is 7.17. The monoisotopic (exact) mass is 399 g/mol. The molecule has 0 radical (unpaired) electrons. The van der Waals surface area contributed by atoms with Gasteiger partial charge in [-0.25, -0.2) is 13.2 Å². The van der Waals surface area contributed by atoms with Gasteiger partial charge in [-0.2, -0.15) is 4.31 Å². The fourth-order valence-corrected chi connectivity index (χ4v) is 5.41. The van der Waals surface area contributed by atoms with E-state index in [0.717, 1.165) is 19.3 Å². The topological polar surface area (TPSA) is 69.7 Å². The lowest BCUT2D eigenvalue weighted by molar-refractivity contribution is 0.161. The number of benzene rings is 1. The van der Waals surface area contributed by atoms with Gasteiger partial charge in [0.05, 0.1) is 4.90 Å². The van der Waals surface area contributed by atoms with E-state index in [2.05, 4.69) is 12.2 Å². The Balaban J connectivity index is 1.57. The molecule has 1 N–H and O–H groups in total. The molecule has 1 saturated carbocycles. The van der Waals surface area contributed by atoms with E-state index in [1.54, 1.807) is 23.1 Å². The Morgan fingerprint density at radius 1 is 1.15 bits per heavy atom. The van der Waals surface area contributed by atoms with E-state index in [1.165, 1.54) is 16.8 Å². The van der Waals surface area contributed by atoms with Crippen LogP contribution in [-0.4, -0.2) is 55.9 Å². The molecule has 144 valence electrons. The summed E-state index contributed by atoms with van der Waals surface area (Å²) in [4.78, 5) is 14.4. The number of carbonyl (C=O) groups excluding carboxylic acids is 1. The first-order chi connectivity index (χ1) is 12.4. The van der Waals surface area contributed by atoms with E-state index in [1.807, 2.05) is 0 Å². The summed E-state index contributed by atoms with van der Waals surface area (Å²) in [5, 5.41) is 3.53. The molecule has 26 heavy (non-hydrogen) atoms. The molecular formula is C18H26ClN3O3S. The molecule has 6 nitrogen and oxygen atoms in total. The molecule has 1 aromatic rings. The van der Waals surface area contributed by atoms with Gasteiger partial charge < -0.3 is 10.2 Å². The highest BCUT2D eigenvalue weighted by Crippen LogP contribution is 2.24. The number of rotatable bonds is 3. The smallest absolute Gasteiger partial charge is 0.317 e. The summed E-state index contributed by atoms with van der Waals surface area (Å²) < 4.78 is 26.9. The lowest BCUT2D eigenvalue weighted by Crippen LogP contribution is -2.55. The molecule has 8 heteroatoms. The van der Waals surface area contributed by atoms with Gasteiger partial charge >= 0.3 is 6.03 Å². The Morgan fingerprint density at radius 2 is 1.85 bits per heavy atom. The number of hydrogen-bond donors (Lipinski definition) is 1. The third kappa shape index (κ3) is 4.32. The average molecular weight is 400 g/mol. The molecule has 3 rings (SSSR count). The van der Waals surface area contributed by atoms with Gasteiger partial charge in [-0.1, -0.05) is 37.4 Å². The standard InChI is InChI=1S/C18H26ClN3O3S/c1-14-5-2-3-8-17(14)20-18(23)21-9-11-22(12-10-21)26(24,25)16-7-4-6-15(19)13-16/h4,6-7,13-14,17H,2-3,5,8-12H2,1H3,(H,20,23)/t14-,17-/m0/s1. The Hall–Kier alpha value is -1.31. The van der Waals surface area contributed by atoms with Crippen molar-refractivity contribution in [1.82, 2.24) is 14.5 Å². The van der Waals surface area contributed by atoms with Crippen LogP contribution >= 0.6 is 11.6 Å². The predicted molar refractivity (Wildman–Crippen MR) is 102 cm³/mol. The Labute approximate surface area is 160 Å². The highest BCUT2D eigenvalue weighted by atomic mass is 35.5. The first-order valence-corrected chi connectivity index (χ1v) is 11.0. The minimum atomic E-state index is -3.58. The zero-order valence-electron chi connectivity index (χ0n) is 15.0. The van der Waals surface area contributed by atoms with Gasteiger partial charge in [0, 0.05) is 37.2 Å². The minimum absolute atomic E-state index is 0.0800. The molecule has 1 aliphatic carbocycles. The summed E-state index contributed by atoms with van der Waals surface area (Å²) in [6.07, 6.45) is 4.56. The van der Waals surface area contributed by atoms with Crippen LogP contribution in [0.15, 0.2) is 29.2 Å². The second-order valence-corrected chi connectivity index (χ2v) is 9.54. The fraction of sp³-hybridized carbons (Fsp3) is 0.611. The number of hydrogen-bond acceptors (Lipinski definition) is 3. The highest BCUT2D eigenvalue weighted by molar-refractivity contribution is 7.89. The van der Waals surface area contributed by atoms with Crippen LogP contribution in [0.25, 0.3) is 0 Å². The molecular weight excluding hydrogens is 374 g/mol. The molecule has 0 aromatic heterocycles. The molecule has 0 spiro atoms. The molecule has 0 bridgehead atoms. The van der Waals surface area contributed by atoms with E-state index in [9.17, 15) is 13.2 Å². The Bertz CT molecular complexity index is 748. The number of urea groups is 1. The first-order valence-electron chi connectivity index (χ1n) is 9.19. The maximum Gasteiger partial charge on any atom is 0.317 e. The summed E-state index contributed by atoms with van der Waals surface area (Å²) >= 11 is 5.91. The molecule has 1 saturated heterocycles. The minimum Gasteiger partial charge on any atom is -0.335 e. The quantitative estimate of drug-likeness (QED) is 0.849. The Morgan fingerprint density at radius 3 is 2.50 bits per heavy atom. The van der Waals surface area contributed by atoms with Crippen molar-refractivity contribution in [2.45, 2.75) is 43.5 Å². The van der Waals surface area contributed by atoms with Crippen LogP contribution in [0.1, 0.15) is 32.6 Å². The van der Waals surface area contributed by atoms with Crippen molar-refractivity contribution in [2.75, 3.05) is 26.2 Å². The summed E-state index contributed by atoms with van der Waals surface area (Å²) in [6.45, 7) is 3.56. The SMILES string of the molecule is C[C@H]1CCCC[C@@H]1NC(=O)N1CCN(S(=O)(=O)c2cccc(Cl)c2)CC1. The zero-order valence-corrected chi connectivity index (χ0v) is 16.6. The number of carbonyl (C=O) groups is 1. The molecule has 2 atom stereocenters. The Kier molecular flexibility index (Phi) is 6.10. The van der Waals surface area contributed by atoms with Crippen molar-refractivity contribution < 1.29 is 13.2 Å². The summed E-state index contributed by atoms with van der Waals surface area (Å²) in [5.41, 5.74) is 0. The van der Waals surface area contributed by atoms with Crippen LogP contribution in [0.4, 0.5) is 4.79 Å². The maximum absolute atomic E-state index is 12.7. The van der Waals surface area contributed by atoms with Gasteiger partial charge in [0.1, 0.15) is 0 Å². The van der Waals surface area contributed by atoms with Crippen LogP contribution in [0.5, 0.6) is 0 Å². The third-order valence-electron chi connectivity index (χ3n) is 5.38. The van der Waals surface area contributed by atoms with Gasteiger partial charge in [-0.3, -0.25) is 0 Å². The number of nitrogens with one attached hydrogen (secondary N) is 1. The van der Waals surface area contributed by atoms with Gasteiger partial charge in [-0.15, -0.1) is 0 Å². The van der Waals surface area contributed by atoms with Crippen LogP contribution < -0.4 is 5.32 Å². The predicted octanol–water partition coefficient (Wildman–Crippen LogP) is 2.93. The molecule has 0 unspecified atom stereocenters. The van der Waals surface area contributed by atoms with Gasteiger partial charge in [-0.05, 0) is 37.0 Å². The molecule has 1 aliphatic heterocycles. The normalized spacial score (nSPS) is 25.1. The van der Waals surface area contributed by atoms with Gasteiger partial charge in [0.2, 0.25) is 10.0 Å². The van der Waals surface area contributed by atoms with Gasteiger partial charge in [0.25, 0.3) is 0 Å². The van der Waals surface area contributed by atoms with Crippen molar-refractivity contribution in [3.05, 3.63) is 29.3 Å². The van der Waals surface area contributed by atoms with E-state index < -0.39 is 10.0 Å². The molecule has 2 amide bonds. The summed E-state index contributed by atoms with van der Waals surface area (Å²) in [7, 11) is -3.58. The number of piperazine rings is 1. The van der Waals surface area contributed by atoms with Crippen LogP contribution in [0.2, 0.25) is 5.02 Å². The van der Waals surface area contributed by atoms with E-state index >= 15 is 0 Å². The van der Waals surface area contributed by atoms with Crippen molar-refractivity contribution in [1.29, 1.82) is 0 Å². The maximum atomic E-state index is 12.7. The molecule has 2 fully saturated rings. The van der Waals surface area contributed by atoms with E-state index in [0.29, 0.717) is 37.1 Å². The fourth-order valence-electron chi connectivity index (χ4n) is 3.69. The first kappa shape index (κ1) is 19.5. The summed E-state index contributed by atoms with van der Waals surface area (Å²) in [6, 6.07) is 6.43. The van der Waals surface area contributed by atoms with Crippen molar-refractivity contribution in [3.63, 3.8) is 0 Å². The number of halogens is 1. The van der Waals surface area contributed by atoms with E-state index in [4.69, 9.17) is 11.6 Å². The van der Waals surface area contributed by atoms with Crippen LogP contribution in [-0.2, 0) is 10.0 Å². The molecule has 1 heterocycles. The zero-order chi connectivity index (χ0) is 18.7. The highest BCUT2D eigenvalue weighted by Gasteiger charge is 2.31. The molecule has 1 aromatic carbocycles. The van der Waals surface area contributed by atoms with E-state index in [-0.39, 0.29) is 17.0 Å². The average Bonchev–Trinajstić information content (AvgIpc) is 2.63. The molecule has 2 aliphatic rings. The van der Waals surface area contributed by atoms with Crippen LogP contribution in [0.3, 0.4) is 0 Å². The number of sulfonamides is 1. The van der Waals surface area contributed by atoms with Crippen molar-refractivity contribution >= 4 is 27.7 Å². The lowest BCUT2D eigenvalue weighted by Gasteiger charge is -2.36. The number of amides is 2. The van der Waals surface area contributed by atoms with Crippen molar-refractivity contribution in [2.24, 2.45) is 5.92 Å². The lowest BCUT2D eigenvalue weighted by atomic mass is 9.86. The number of nitrogens with zero attached hydrogens (tertiary/aromatic N) is 2. The second kappa shape index (κ2) is 8.15. The third-order valence-corrected chi connectivity index (χ3v) is 7.51. The van der Waals surface area contributed by atoms with Crippen molar-refractivity contribution in [3.8, 4) is 0 Å². The van der Waals surface area contributed by atoms with Crippen LogP contribution in [0, 0.1) is 5.92 Å².